The molecule has 2 aromatic rings. The van der Waals surface area contributed by atoms with Crippen LogP contribution in [0.3, 0.4) is 0 Å². The van der Waals surface area contributed by atoms with Crippen molar-refractivity contribution in [3.8, 4) is 0 Å². The smallest absolute Gasteiger partial charge is 0.242 e. The van der Waals surface area contributed by atoms with Crippen LogP contribution in [0.25, 0.3) is 0 Å². The van der Waals surface area contributed by atoms with E-state index in [2.05, 4.69) is 5.32 Å². The second kappa shape index (κ2) is 7.47. The van der Waals surface area contributed by atoms with Crippen LogP contribution < -0.4 is 5.32 Å². The van der Waals surface area contributed by atoms with Crippen molar-refractivity contribution in [2.24, 2.45) is 0 Å². The fourth-order valence-corrected chi connectivity index (χ4v) is 6.22. The standard InChI is InChI=1S/C22H27NO3S/c1-16-7-10-19(11-8-16)15-23-21(24)22(12-4-5-13-22)27(25,26)20-14-17(2)6-9-18(20)3/h6-11,14H,4-5,12-13,15H2,1-3H3,(H,23,24). The zero-order valence-electron chi connectivity index (χ0n) is 16.2. The van der Waals surface area contributed by atoms with Gasteiger partial charge in [-0.3, -0.25) is 4.79 Å². The normalized spacial score (nSPS) is 16.3. The largest absolute Gasteiger partial charge is 0.351 e. The Bertz CT molecular complexity index is 940. The molecule has 27 heavy (non-hydrogen) atoms. The van der Waals surface area contributed by atoms with Crippen molar-refractivity contribution in [1.82, 2.24) is 5.32 Å². The van der Waals surface area contributed by atoms with Gasteiger partial charge in [-0.15, -0.1) is 0 Å². The Morgan fingerprint density at radius 3 is 2.19 bits per heavy atom. The summed E-state index contributed by atoms with van der Waals surface area (Å²) in [6.07, 6.45) is 2.26. The molecule has 5 heteroatoms. The lowest BCUT2D eigenvalue weighted by Crippen LogP contribution is -2.50. The molecule has 0 aliphatic heterocycles. The van der Waals surface area contributed by atoms with Crippen LogP contribution in [-0.4, -0.2) is 19.1 Å². The third-order valence-electron chi connectivity index (χ3n) is 5.55. The van der Waals surface area contributed by atoms with E-state index in [1.807, 2.05) is 50.2 Å². The van der Waals surface area contributed by atoms with E-state index in [0.29, 0.717) is 24.9 Å². The molecule has 2 aromatic carbocycles. The van der Waals surface area contributed by atoms with Crippen molar-refractivity contribution in [3.05, 3.63) is 64.7 Å². The van der Waals surface area contributed by atoms with Crippen LogP contribution in [0.15, 0.2) is 47.4 Å². The molecule has 0 heterocycles. The van der Waals surface area contributed by atoms with E-state index in [4.69, 9.17) is 0 Å². The molecule has 1 N–H and O–H groups in total. The minimum atomic E-state index is -3.78. The molecule has 0 aromatic heterocycles. The van der Waals surface area contributed by atoms with E-state index in [0.717, 1.165) is 29.5 Å². The third-order valence-corrected chi connectivity index (χ3v) is 8.19. The number of carbonyl (C=O) groups excluding carboxylic acids is 1. The van der Waals surface area contributed by atoms with Crippen LogP contribution in [0.2, 0.25) is 0 Å². The summed E-state index contributed by atoms with van der Waals surface area (Å²) < 4.78 is 25.8. The average Bonchev–Trinajstić information content (AvgIpc) is 3.14. The number of hydrogen-bond donors (Lipinski definition) is 1. The van der Waals surface area contributed by atoms with Gasteiger partial charge in [0.25, 0.3) is 0 Å². The van der Waals surface area contributed by atoms with Gasteiger partial charge < -0.3 is 5.32 Å². The number of rotatable bonds is 5. The number of carbonyl (C=O) groups is 1. The minimum Gasteiger partial charge on any atom is -0.351 e. The van der Waals surface area contributed by atoms with Gasteiger partial charge in [0.1, 0.15) is 0 Å². The molecule has 0 radical (unpaired) electrons. The summed E-state index contributed by atoms with van der Waals surface area (Å²) in [5.74, 6) is -0.374. The van der Waals surface area contributed by atoms with Crippen LogP contribution in [0.5, 0.6) is 0 Å². The summed E-state index contributed by atoms with van der Waals surface area (Å²) in [6.45, 7) is 6.01. The molecule has 0 unspecified atom stereocenters. The van der Waals surface area contributed by atoms with E-state index >= 15 is 0 Å². The quantitative estimate of drug-likeness (QED) is 0.846. The van der Waals surface area contributed by atoms with Gasteiger partial charge in [-0.1, -0.05) is 54.8 Å². The van der Waals surface area contributed by atoms with Gasteiger partial charge in [0.2, 0.25) is 5.91 Å². The van der Waals surface area contributed by atoms with Crippen molar-refractivity contribution >= 4 is 15.7 Å². The molecule has 1 fully saturated rings. The van der Waals surface area contributed by atoms with Crippen molar-refractivity contribution < 1.29 is 13.2 Å². The molecule has 0 bridgehead atoms. The maximum absolute atomic E-state index is 13.6. The van der Waals surface area contributed by atoms with Crippen molar-refractivity contribution in [2.75, 3.05) is 0 Å². The lowest BCUT2D eigenvalue weighted by molar-refractivity contribution is -0.123. The first-order valence-corrected chi connectivity index (χ1v) is 10.9. The highest BCUT2D eigenvalue weighted by Gasteiger charge is 2.53. The Morgan fingerprint density at radius 1 is 0.963 bits per heavy atom. The molecule has 0 atom stereocenters. The molecular formula is C22H27NO3S. The van der Waals surface area contributed by atoms with Crippen LogP contribution in [0, 0.1) is 20.8 Å². The minimum absolute atomic E-state index is 0.287. The fourth-order valence-electron chi connectivity index (χ4n) is 3.82. The average molecular weight is 386 g/mol. The zero-order chi connectivity index (χ0) is 19.7. The molecule has 1 saturated carbocycles. The Morgan fingerprint density at radius 2 is 1.56 bits per heavy atom. The van der Waals surface area contributed by atoms with Gasteiger partial charge in [0.15, 0.2) is 14.6 Å². The Balaban J connectivity index is 1.91. The van der Waals surface area contributed by atoms with Crippen LogP contribution in [-0.2, 0) is 21.2 Å². The second-order valence-corrected chi connectivity index (χ2v) is 9.87. The van der Waals surface area contributed by atoms with Gasteiger partial charge in [0, 0.05) is 6.54 Å². The highest BCUT2D eigenvalue weighted by molar-refractivity contribution is 7.93. The highest BCUT2D eigenvalue weighted by Crippen LogP contribution is 2.41. The van der Waals surface area contributed by atoms with Gasteiger partial charge >= 0.3 is 0 Å². The maximum Gasteiger partial charge on any atom is 0.242 e. The third kappa shape index (κ3) is 3.65. The summed E-state index contributed by atoms with van der Waals surface area (Å²) in [7, 11) is -3.78. The topological polar surface area (TPSA) is 63.2 Å². The summed E-state index contributed by atoms with van der Waals surface area (Å²) >= 11 is 0. The van der Waals surface area contributed by atoms with Gasteiger partial charge in [0.05, 0.1) is 4.90 Å². The molecular weight excluding hydrogens is 358 g/mol. The molecule has 1 aliphatic rings. The number of sulfone groups is 1. The van der Waals surface area contributed by atoms with E-state index in [9.17, 15) is 13.2 Å². The predicted octanol–water partition coefficient (Wildman–Crippen LogP) is 4.01. The molecule has 1 amide bonds. The Labute approximate surface area is 161 Å². The van der Waals surface area contributed by atoms with Crippen LogP contribution >= 0.6 is 0 Å². The number of amides is 1. The van der Waals surface area contributed by atoms with E-state index in [1.165, 1.54) is 0 Å². The first kappa shape index (κ1) is 19.6. The number of nitrogens with one attached hydrogen (secondary N) is 1. The van der Waals surface area contributed by atoms with E-state index in [1.54, 1.807) is 13.0 Å². The fraction of sp³-hybridized carbons (Fsp3) is 0.409. The van der Waals surface area contributed by atoms with Crippen molar-refractivity contribution in [2.45, 2.75) is 62.6 Å². The Hall–Kier alpha value is -2.14. The molecule has 4 nitrogen and oxygen atoms in total. The van der Waals surface area contributed by atoms with Crippen LogP contribution in [0.1, 0.15) is 47.9 Å². The maximum atomic E-state index is 13.6. The van der Waals surface area contributed by atoms with E-state index in [-0.39, 0.29) is 10.8 Å². The molecule has 1 aliphatic carbocycles. The monoisotopic (exact) mass is 385 g/mol. The van der Waals surface area contributed by atoms with E-state index < -0.39 is 14.6 Å². The second-order valence-electron chi connectivity index (χ2n) is 7.64. The predicted molar refractivity (Wildman–Crippen MR) is 107 cm³/mol. The first-order valence-electron chi connectivity index (χ1n) is 9.42. The van der Waals surface area contributed by atoms with Gasteiger partial charge in [-0.05, 0) is 56.4 Å². The molecule has 0 spiro atoms. The summed E-state index contributed by atoms with van der Waals surface area (Å²) in [5, 5.41) is 2.89. The molecule has 0 saturated heterocycles. The molecule has 144 valence electrons. The highest BCUT2D eigenvalue weighted by atomic mass is 32.2. The first-order chi connectivity index (χ1) is 12.8. The van der Waals surface area contributed by atoms with Crippen molar-refractivity contribution in [3.63, 3.8) is 0 Å². The molecule has 3 rings (SSSR count). The summed E-state index contributed by atoms with van der Waals surface area (Å²) in [4.78, 5) is 13.4. The SMILES string of the molecule is Cc1ccc(CNC(=O)C2(S(=O)(=O)c3cc(C)ccc3C)CCCC2)cc1. The summed E-state index contributed by atoms with van der Waals surface area (Å²) in [5.41, 5.74) is 3.69. The number of aryl methyl sites for hydroxylation is 3. The number of benzene rings is 2. The zero-order valence-corrected chi connectivity index (χ0v) is 17.0. The lowest BCUT2D eigenvalue weighted by Gasteiger charge is -2.28. The summed E-state index contributed by atoms with van der Waals surface area (Å²) in [6, 6.07) is 13.3. The lowest BCUT2D eigenvalue weighted by atomic mass is 10.1. The number of hydrogen-bond acceptors (Lipinski definition) is 3. The Kier molecular flexibility index (Phi) is 5.43. The van der Waals surface area contributed by atoms with Gasteiger partial charge in [-0.2, -0.15) is 0 Å². The van der Waals surface area contributed by atoms with Gasteiger partial charge in [-0.25, -0.2) is 8.42 Å². The van der Waals surface area contributed by atoms with Crippen LogP contribution in [0.4, 0.5) is 0 Å². The van der Waals surface area contributed by atoms with Crippen molar-refractivity contribution in [1.29, 1.82) is 0 Å².